The number of halogens is 3. The number of hydrogen-bond donors (Lipinski definition) is 0. The molecule has 3 aromatic rings. The van der Waals surface area contributed by atoms with Gasteiger partial charge in [0.15, 0.2) is 0 Å². The van der Waals surface area contributed by atoms with Crippen LogP contribution in [0.1, 0.15) is 5.56 Å². The Morgan fingerprint density at radius 1 is 0.795 bits per heavy atom. The third-order valence-electron chi connectivity index (χ3n) is 7.33. The highest BCUT2D eigenvalue weighted by Crippen LogP contribution is 2.31. The number of carbonyl (C=O) groups excluding carboxylic acids is 1. The minimum Gasteiger partial charge on any atom is -0.367 e. The maximum atomic E-state index is 14.1. The molecule has 0 radical (unpaired) electrons. The second kappa shape index (κ2) is 11.6. The summed E-state index contributed by atoms with van der Waals surface area (Å²) in [5, 5.41) is 1.56. The first-order valence-electron chi connectivity index (χ1n) is 12.7. The monoisotopic (exact) mass is 606 g/mol. The van der Waals surface area contributed by atoms with Crippen molar-refractivity contribution < 1.29 is 13.2 Å². The average molecular weight is 608 g/mol. The zero-order valence-electron chi connectivity index (χ0n) is 21.4. The van der Waals surface area contributed by atoms with E-state index in [1.807, 2.05) is 47.1 Å². The molecule has 0 bridgehead atoms. The minimum atomic E-state index is -3.84. The lowest BCUT2D eigenvalue weighted by molar-refractivity contribution is -0.133. The van der Waals surface area contributed by atoms with Crippen LogP contribution in [0.5, 0.6) is 0 Å². The second-order valence-corrected chi connectivity index (χ2v) is 12.9. The van der Waals surface area contributed by atoms with E-state index in [1.54, 1.807) is 24.3 Å². The van der Waals surface area contributed by atoms with Gasteiger partial charge in [-0.3, -0.25) is 4.79 Å². The third kappa shape index (κ3) is 5.86. The molecule has 2 aliphatic heterocycles. The molecule has 1 amide bonds. The van der Waals surface area contributed by atoms with Crippen LogP contribution in [0.15, 0.2) is 71.6 Å². The molecule has 3 aromatic carbocycles. The summed E-state index contributed by atoms with van der Waals surface area (Å²) in [6.45, 7) is 4.84. The summed E-state index contributed by atoms with van der Waals surface area (Å²) in [5.74, 6) is -0.0962. The number of amides is 1. The second-order valence-electron chi connectivity index (χ2n) is 9.72. The Kier molecular flexibility index (Phi) is 8.31. The molecule has 2 aliphatic rings. The Morgan fingerprint density at radius 2 is 1.51 bits per heavy atom. The van der Waals surface area contributed by atoms with E-state index in [2.05, 4.69) is 4.90 Å². The van der Waals surface area contributed by atoms with Gasteiger partial charge < -0.3 is 14.7 Å². The third-order valence-corrected chi connectivity index (χ3v) is 9.98. The first-order chi connectivity index (χ1) is 18.6. The molecule has 0 aliphatic carbocycles. The number of para-hydroxylation sites is 1. The first kappa shape index (κ1) is 28.1. The SMILES string of the molecule is Cc1ccccc1N1CCN(S(=O)(=O)c2cccc(Cl)c2)CC1C(=O)N1CCN(c2cc(Cl)ccc2Cl)CC1. The molecule has 2 heterocycles. The molecule has 0 spiro atoms. The van der Waals surface area contributed by atoms with Gasteiger partial charge in [0.1, 0.15) is 6.04 Å². The molecule has 2 saturated heterocycles. The smallest absolute Gasteiger partial charge is 0.246 e. The number of benzene rings is 3. The van der Waals surface area contributed by atoms with Crippen molar-refractivity contribution in [3.63, 3.8) is 0 Å². The predicted molar refractivity (Wildman–Crippen MR) is 158 cm³/mol. The summed E-state index contributed by atoms with van der Waals surface area (Å²) < 4.78 is 28.5. The fraction of sp³-hybridized carbons (Fsp3) is 0.321. The molecule has 1 unspecified atom stereocenters. The topological polar surface area (TPSA) is 64.2 Å². The van der Waals surface area contributed by atoms with Crippen molar-refractivity contribution >= 4 is 62.1 Å². The zero-order chi connectivity index (χ0) is 27.7. The summed E-state index contributed by atoms with van der Waals surface area (Å²) in [6, 6.07) is 18.8. The van der Waals surface area contributed by atoms with E-state index in [-0.39, 0.29) is 23.9 Å². The Morgan fingerprint density at radius 3 is 2.23 bits per heavy atom. The van der Waals surface area contributed by atoms with Crippen molar-refractivity contribution in [3.05, 3.63) is 87.4 Å². The lowest BCUT2D eigenvalue weighted by atomic mass is 10.1. The van der Waals surface area contributed by atoms with Crippen molar-refractivity contribution in [3.8, 4) is 0 Å². The molecule has 206 valence electrons. The number of anilines is 2. The molecule has 0 N–H and O–H groups in total. The van der Waals surface area contributed by atoms with Crippen LogP contribution in [-0.2, 0) is 14.8 Å². The van der Waals surface area contributed by atoms with Crippen LogP contribution < -0.4 is 9.80 Å². The van der Waals surface area contributed by atoms with Gasteiger partial charge in [0.25, 0.3) is 0 Å². The van der Waals surface area contributed by atoms with E-state index in [9.17, 15) is 13.2 Å². The van der Waals surface area contributed by atoms with Crippen molar-refractivity contribution in [1.82, 2.24) is 9.21 Å². The molecular weight excluding hydrogens is 579 g/mol. The number of carbonyl (C=O) groups is 1. The summed E-state index contributed by atoms with van der Waals surface area (Å²) in [6.07, 6.45) is 0. The molecule has 1 atom stereocenters. The van der Waals surface area contributed by atoms with Gasteiger partial charge >= 0.3 is 0 Å². The van der Waals surface area contributed by atoms with Gasteiger partial charge in [0.2, 0.25) is 15.9 Å². The van der Waals surface area contributed by atoms with Crippen molar-refractivity contribution in [2.24, 2.45) is 0 Å². The quantitative estimate of drug-likeness (QED) is 0.400. The molecular formula is C28H29Cl3N4O3S. The molecule has 7 nitrogen and oxygen atoms in total. The molecule has 0 saturated carbocycles. The van der Waals surface area contributed by atoms with Gasteiger partial charge in [0.05, 0.1) is 15.6 Å². The molecule has 0 aromatic heterocycles. The molecule has 39 heavy (non-hydrogen) atoms. The lowest BCUT2D eigenvalue weighted by Gasteiger charge is -2.45. The number of piperazine rings is 2. The van der Waals surface area contributed by atoms with Gasteiger partial charge in [0, 0.05) is 61.5 Å². The van der Waals surface area contributed by atoms with Crippen molar-refractivity contribution in [2.45, 2.75) is 17.9 Å². The van der Waals surface area contributed by atoms with Crippen LogP contribution in [0, 0.1) is 6.92 Å². The fourth-order valence-electron chi connectivity index (χ4n) is 5.24. The lowest BCUT2D eigenvalue weighted by Crippen LogP contribution is -2.62. The van der Waals surface area contributed by atoms with Crippen molar-refractivity contribution in [2.75, 3.05) is 55.6 Å². The largest absolute Gasteiger partial charge is 0.367 e. The van der Waals surface area contributed by atoms with Crippen LogP contribution in [-0.4, -0.2) is 75.4 Å². The van der Waals surface area contributed by atoms with E-state index in [1.165, 1.54) is 16.4 Å². The number of nitrogens with zero attached hydrogens (tertiary/aromatic N) is 4. The van der Waals surface area contributed by atoms with E-state index < -0.39 is 16.1 Å². The van der Waals surface area contributed by atoms with E-state index >= 15 is 0 Å². The predicted octanol–water partition coefficient (Wildman–Crippen LogP) is 5.18. The van der Waals surface area contributed by atoms with Crippen LogP contribution in [0.3, 0.4) is 0 Å². The molecule has 2 fully saturated rings. The summed E-state index contributed by atoms with van der Waals surface area (Å²) in [4.78, 5) is 20.2. The van der Waals surface area contributed by atoms with Gasteiger partial charge in [-0.25, -0.2) is 8.42 Å². The summed E-state index contributed by atoms with van der Waals surface area (Å²) in [5.41, 5.74) is 2.80. The van der Waals surface area contributed by atoms with E-state index in [0.717, 1.165) is 16.9 Å². The molecule has 5 rings (SSSR count). The number of rotatable bonds is 5. The van der Waals surface area contributed by atoms with E-state index in [4.69, 9.17) is 34.8 Å². The van der Waals surface area contributed by atoms with Crippen LogP contribution >= 0.6 is 34.8 Å². The Bertz CT molecular complexity index is 1480. The Labute approximate surface area is 244 Å². The van der Waals surface area contributed by atoms with Gasteiger partial charge in [-0.1, -0.05) is 59.1 Å². The normalized spacial score (nSPS) is 18.9. The highest BCUT2D eigenvalue weighted by molar-refractivity contribution is 7.89. The fourth-order valence-corrected chi connectivity index (χ4v) is 7.39. The zero-order valence-corrected chi connectivity index (χ0v) is 24.5. The molecule has 11 heteroatoms. The first-order valence-corrected chi connectivity index (χ1v) is 15.3. The van der Waals surface area contributed by atoms with Crippen LogP contribution in [0.2, 0.25) is 15.1 Å². The average Bonchev–Trinajstić information content (AvgIpc) is 2.94. The highest BCUT2D eigenvalue weighted by atomic mass is 35.5. The van der Waals surface area contributed by atoms with Gasteiger partial charge in [-0.15, -0.1) is 0 Å². The maximum Gasteiger partial charge on any atom is 0.246 e. The van der Waals surface area contributed by atoms with Crippen molar-refractivity contribution in [1.29, 1.82) is 0 Å². The minimum absolute atomic E-state index is 0.0440. The van der Waals surface area contributed by atoms with Gasteiger partial charge in [-0.05, 0) is 55.0 Å². The maximum absolute atomic E-state index is 14.1. The Balaban J connectivity index is 1.39. The summed E-state index contributed by atoms with van der Waals surface area (Å²) in [7, 11) is -3.84. The van der Waals surface area contributed by atoms with Crippen LogP contribution in [0.4, 0.5) is 11.4 Å². The number of aryl methyl sites for hydroxylation is 1. The number of sulfonamides is 1. The van der Waals surface area contributed by atoms with E-state index in [0.29, 0.717) is 47.8 Å². The standard InChI is InChI=1S/C28H29Cl3N4O3S/c1-20-5-2-3-8-25(20)35-16-15-34(39(37,38)23-7-4-6-21(29)17-23)19-27(35)28(36)33-13-11-32(12-14-33)26-18-22(30)9-10-24(26)31/h2-10,17-18,27H,11-16,19H2,1H3. The van der Waals surface area contributed by atoms with Crippen LogP contribution in [0.25, 0.3) is 0 Å². The highest BCUT2D eigenvalue weighted by Gasteiger charge is 2.40. The van der Waals surface area contributed by atoms with Gasteiger partial charge in [-0.2, -0.15) is 4.31 Å². The Hall–Kier alpha value is -2.49. The number of hydrogen-bond acceptors (Lipinski definition) is 5. The summed E-state index contributed by atoms with van der Waals surface area (Å²) >= 11 is 18.7.